The fraction of sp³-hybridized carbons (Fsp3) is 0.200. The van der Waals surface area contributed by atoms with E-state index in [1.165, 1.54) is 11.3 Å². The van der Waals surface area contributed by atoms with Gasteiger partial charge in [-0.1, -0.05) is 11.8 Å². The molecule has 0 unspecified atom stereocenters. The number of hydrogen-bond donors (Lipinski definition) is 1. The minimum Gasteiger partial charge on any atom is -0.493 e. The number of aromatic nitrogens is 3. The lowest BCUT2D eigenvalue weighted by Gasteiger charge is -2.07. The molecule has 0 spiro atoms. The molecule has 8 nitrogen and oxygen atoms in total. The van der Waals surface area contributed by atoms with Crippen LogP contribution in [0.15, 0.2) is 39.4 Å². The minimum absolute atomic E-state index is 0.146. The highest BCUT2D eigenvalue weighted by atomic mass is 32.2. The molecule has 0 saturated carbocycles. The summed E-state index contributed by atoms with van der Waals surface area (Å²) < 4.78 is 16.0. The number of amides is 1. The molecule has 3 aromatic rings. The van der Waals surface area contributed by atoms with Gasteiger partial charge in [0.05, 0.1) is 20.0 Å². The molecule has 2 heterocycles. The molecule has 0 aliphatic carbocycles. The van der Waals surface area contributed by atoms with Crippen LogP contribution in [0.25, 0.3) is 11.5 Å². The minimum atomic E-state index is -0.189. The maximum atomic E-state index is 11.8. The first-order valence-corrected chi connectivity index (χ1v) is 8.94. The van der Waals surface area contributed by atoms with E-state index in [1.807, 2.05) is 0 Å². The summed E-state index contributed by atoms with van der Waals surface area (Å²) >= 11 is 2.51. The van der Waals surface area contributed by atoms with Gasteiger partial charge in [0, 0.05) is 17.1 Å². The molecule has 25 heavy (non-hydrogen) atoms. The van der Waals surface area contributed by atoms with Crippen LogP contribution in [0.1, 0.15) is 0 Å². The first-order valence-electron chi connectivity index (χ1n) is 7.07. The summed E-state index contributed by atoms with van der Waals surface area (Å²) in [6.07, 6.45) is 1.63. The summed E-state index contributed by atoms with van der Waals surface area (Å²) in [5, 5.41) is 13.3. The summed E-state index contributed by atoms with van der Waals surface area (Å²) in [7, 11) is 3.12. The summed E-state index contributed by atoms with van der Waals surface area (Å²) in [4.78, 5) is 15.8. The largest absolute Gasteiger partial charge is 0.493 e. The topological polar surface area (TPSA) is 99.4 Å². The van der Waals surface area contributed by atoms with Crippen molar-refractivity contribution in [3.63, 3.8) is 0 Å². The third kappa shape index (κ3) is 4.28. The normalized spacial score (nSPS) is 10.5. The van der Waals surface area contributed by atoms with E-state index in [4.69, 9.17) is 13.9 Å². The first kappa shape index (κ1) is 17.2. The number of benzene rings is 1. The van der Waals surface area contributed by atoms with Gasteiger partial charge < -0.3 is 19.2 Å². The fourth-order valence-corrected chi connectivity index (χ4v) is 3.03. The molecule has 0 atom stereocenters. The Balaban J connectivity index is 1.63. The van der Waals surface area contributed by atoms with Crippen molar-refractivity contribution in [1.82, 2.24) is 15.2 Å². The van der Waals surface area contributed by atoms with Crippen LogP contribution in [-0.2, 0) is 4.79 Å². The number of nitrogens with zero attached hydrogens (tertiary/aromatic N) is 3. The van der Waals surface area contributed by atoms with E-state index in [9.17, 15) is 4.79 Å². The van der Waals surface area contributed by atoms with Crippen molar-refractivity contribution in [2.75, 3.05) is 25.3 Å². The summed E-state index contributed by atoms with van der Waals surface area (Å²) in [6.45, 7) is 0. The van der Waals surface area contributed by atoms with Crippen LogP contribution < -0.4 is 14.8 Å². The number of carbonyl (C=O) groups is 1. The Morgan fingerprint density at radius 3 is 2.84 bits per heavy atom. The average molecular weight is 378 g/mol. The van der Waals surface area contributed by atoms with Crippen molar-refractivity contribution in [1.29, 1.82) is 0 Å². The van der Waals surface area contributed by atoms with Crippen LogP contribution in [0.5, 0.6) is 11.5 Å². The van der Waals surface area contributed by atoms with Crippen molar-refractivity contribution in [3.8, 4) is 23.0 Å². The first-order chi connectivity index (χ1) is 12.2. The lowest BCUT2D eigenvalue weighted by Crippen LogP contribution is -2.13. The molecule has 0 fully saturated rings. The van der Waals surface area contributed by atoms with E-state index in [2.05, 4.69) is 20.5 Å². The Labute approximate surface area is 151 Å². The zero-order chi connectivity index (χ0) is 17.6. The number of methoxy groups -OCH3 is 2. The highest BCUT2D eigenvalue weighted by Crippen LogP contribution is 2.32. The van der Waals surface area contributed by atoms with Crippen LogP contribution in [0.2, 0.25) is 0 Å². The van der Waals surface area contributed by atoms with Crippen LogP contribution in [-0.4, -0.2) is 41.1 Å². The SMILES string of the molecule is COc1ccc(-c2nnc(SCC(=O)Nc3nccs3)o2)cc1OC. The molecule has 1 aromatic carbocycles. The van der Waals surface area contributed by atoms with Gasteiger partial charge in [-0.15, -0.1) is 21.5 Å². The van der Waals surface area contributed by atoms with Gasteiger partial charge in [0.15, 0.2) is 16.6 Å². The highest BCUT2D eigenvalue weighted by molar-refractivity contribution is 7.99. The molecule has 1 amide bonds. The smallest absolute Gasteiger partial charge is 0.277 e. The Morgan fingerprint density at radius 1 is 1.28 bits per heavy atom. The van der Waals surface area contributed by atoms with Crippen LogP contribution in [0.4, 0.5) is 5.13 Å². The van der Waals surface area contributed by atoms with Crippen LogP contribution in [0, 0.1) is 0 Å². The second kappa shape index (κ2) is 7.99. The van der Waals surface area contributed by atoms with Gasteiger partial charge in [0.25, 0.3) is 5.22 Å². The molecular formula is C15H14N4O4S2. The third-order valence-corrected chi connectivity index (χ3v) is 4.55. The van der Waals surface area contributed by atoms with Crippen molar-refractivity contribution in [2.45, 2.75) is 5.22 Å². The van der Waals surface area contributed by atoms with Crippen molar-refractivity contribution in [2.24, 2.45) is 0 Å². The molecule has 3 rings (SSSR count). The standard InChI is InChI=1S/C15H14N4O4S2/c1-21-10-4-3-9(7-11(10)22-2)13-18-19-15(23-13)25-8-12(20)17-14-16-5-6-24-14/h3-7H,8H2,1-2H3,(H,16,17,20). The van der Waals surface area contributed by atoms with Gasteiger partial charge >= 0.3 is 0 Å². The number of thioether (sulfide) groups is 1. The van der Waals surface area contributed by atoms with E-state index < -0.39 is 0 Å². The second-order valence-electron chi connectivity index (χ2n) is 4.62. The average Bonchev–Trinajstić information content (AvgIpc) is 3.31. The number of thiazole rings is 1. The van der Waals surface area contributed by atoms with Gasteiger partial charge in [0.1, 0.15) is 0 Å². The second-order valence-corrected chi connectivity index (χ2v) is 6.44. The molecule has 2 aromatic heterocycles. The molecule has 10 heteroatoms. The molecule has 1 N–H and O–H groups in total. The maximum absolute atomic E-state index is 11.8. The predicted octanol–water partition coefficient (Wildman–Crippen LogP) is 2.94. The number of anilines is 1. The molecular weight excluding hydrogens is 364 g/mol. The van der Waals surface area contributed by atoms with E-state index in [1.54, 1.807) is 44.0 Å². The molecule has 0 bridgehead atoms. The summed E-state index contributed by atoms with van der Waals surface area (Å²) in [6, 6.07) is 5.29. The monoisotopic (exact) mass is 378 g/mol. The quantitative estimate of drug-likeness (QED) is 0.627. The molecule has 0 aliphatic heterocycles. The van der Waals surface area contributed by atoms with Gasteiger partial charge in [0.2, 0.25) is 11.8 Å². The predicted molar refractivity (Wildman–Crippen MR) is 94.3 cm³/mol. The third-order valence-electron chi connectivity index (χ3n) is 3.04. The maximum Gasteiger partial charge on any atom is 0.277 e. The zero-order valence-electron chi connectivity index (χ0n) is 13.4. The fourth-order valence-electron chi connectivity index (χ4n) is 1.92. The number of ether oxygens (including phenoxy) is 2. The Kier molecular flexibility index (Phi) is 5.51. The van der Waals surface area contributed by atoms with Crippen molar-refractivity contribution >= 4 is 34.1 Å². The number of carbonyl (C=O) groups excluding carboxylic acids is 1. The van der Waals surface area contributed by atoms with Crippen LogP contribution >= 0.6 is 23.1 Å². The highest BCUT2D eigenvalue weighted by Gasteiger charge is 2.14. The van der Waals surface area contributed by atoms with Crippen LogP contribution in [0.3, 0.4) is 0 Å². The molecule has 0 aliphatic rings. The zero-order valence-corrected chi connectivity index (χ0v) is 15.0. The number of rotatable bonds is 7. The Hall–Kier alpha value is -2.59. The van der Waals surface area contributed by atoms with E-state index >= 15 is 0 Å². The Bertz CT molecular complexity index is 851. The van der Waals surface area contributed by atoms with E-state index in [0.717, 1.165) is 11.8 Å². The van der Waals surface area contributed by atoms with E-state index in [0.29, 0.717) is 33.3 Å². The summed E-state index contributed by atoms with van der Waals surface area (Å²) in [5.74, 6) is 1.47. The molecule has 0 saturated heterocycles. The van der Waals surface area contributed by atoms with Gasteiger partial charge in [-0.25, -0.2) is 4.98 Å². The Morgan fingerprint density at radius 2 is 2.12 bits per heavy atom. The van der Waals surface area contributed by atoms with Gasteiger partial charge in [-0.3, -0.25) is 4.79 Å². The van der Waals surface area contributed by atoms with Crippen molar-refractivity contribution < 1.29 is 18.7 Å². The lowest BCUT2D eigenvalue weighted by molar-refractivity contribution is -0.113. The number of nitrogens with one attached hydrogen (secondary N) is 1. The molecule has 130 valence electrons. The van der Waals surface area contributed by atoms with Gasteiger partial charge in [-0.2, -0.15) is 0 Å². The van der Waals surface area contributed by atoms with Gasteiger partial charge in [-0.05, 0) is 18.2 Å². The summed E-state index contributed by atoms with van der Waals surface area (Å²) in [5.41, 5.74) is 0.698. The van der Waals surface area contributed by atoms with Crippen molar-refractivity contribution in [3.05, 3.63) is 29.8 Å². The molecule has 0 radical (unpaired) electrons. The van der Waals surface area contributed by atoms with E-state index in [-0.39, 0.29) is 11.7 Å². The number of hydrogen-bond acceptors (Lipinski definition) is 9. The lowest BCUT2D eigenvalue weighted by atomic mass is 10.2.